The first-order valence-corrected chi connectivity index (χ1v) is 7.74. The van der Waals surface area contributed by atoms with Crippen molar-refractivity contribution >= 4 is 12.0 Å². The molecule has 5 heteroatoms. The maximum atomic E-state index is 12.3. The van der Waals surface area contributed by atoms with Crippen LogP contribution in [0.2, 0.25) is 0 Å². The predicted octanol–water partition coefficient (Wildman–Crippen LogP) is 2.78. The zero-order valence-electron chi connectivity index (χ0n) is 13.0. The molecule has 1 aromatic rings. The molecule has 0 spiro atoms. The molecule has 2 rings (SSSR count). The lowest BCUT2D eigenvalue weighted by Crippen LogP contribution is -2.40. The Bertz CT molecular complexity index is 489. The van der Waals surface area contributed by atoms with Crippen LogP contribution in [-0.2, 0) is 20.7 Å². The summed E-state index contributed by atoms with van der Waals surface area (Å²) in [5.74, 6) is -0.138. The summed E-state index contributed by atoms with van der Waals surface area (Å²) >= 11 is 0. The van der Waals surface area contributed by atoms with Gasteiger partial charge < -0.3 is 9.47 Å². The summed E-state index contributed by atoms with van der Waals surface area (Å²) in [5.41, 5.74) is 1.10. The molecule has 1 heterocycles. The Morgan fingerprint density at radius 3 is 2.77 bits per heavy atom. The second kappa shape index (κ2) is 8.54. The Kier molecular flexibility index (Phi) is 6.40. The fourth-order valence-electron chi connectivity index (χ4n) is 2.62. The van der Waals surface area contributed by atoms with Gasteiger partial charge >= 0.3 is 6.09 Å². The van der Waals surface area contributed by atoms with Gasteiger partial charge in [0, 0.05) is 20.1 Å². The summed E-state index contributed by atoms with van der Waals surface area (Å²) < 4.78 is 10.0. The molecule has 0 N–H and O–H groups in total. The normalized spacial score (nSPS) is 17.6. The summed E-state index contributed by atoms with van der Waals surface area (Å²) in [6.07, 6.45) is 3.13. The number of unbranched alkanes of at least 4 members (excludes halogenated alkanes) is 2. The molecule has 1 unspecified atom stereocenters. The van der Waals surface area contributed by atoms with Crippen LogP contribution in [0.4, 0.5) is 4.79 Å². The van der Waals surface area contributed by atoms with E-state index < -0.39 is 6.09 Å². The van der Waals surface area contributed by atoms with E-state index in [4.69, 9.17) is 9.47 Å². The van der Waals surface area contributed by atoms with Crippen LogP contribution in [0.3, 0.4) is 0 Å². The summed E-state index contributed by atoms with van der Waals surface area (Å²) in [4.78, 5) is 25.4. The molecule has 120 valence electrons. The Balaban J connectivity index is 1.86. The van der Waals surface area contributed by atoms with Crippen LogP contribution in [-0.4, -0.2) is 43.3 Å². The van der Waals surface area contributed by atoms with E-state index in [2.05, 4.69) is 0 Å². The highest BCUT2D eigenvalue weighted by molar-refractivity contribution is 5.93. The zero-order valence-corrected chi connectivity index (χ0v) is 13.0. The number of hydrogen-bond donors (Lipinski definition) is 0. The summed E-state index contributed by atoms with van der Waals surface area (Å²) in [6, 6.07) is 9.65. The van der Waals surface area contributed by atoms with Crippen molar-refractivity contribution in [3.8, 4) is 0 Å². The van der Waals surface area contributed by atoms with Gasteiger partial charge in [-0.15, -0.1) is 0 Å². The summed E-state index contributed by atoms with van der Waals surface area (Å²) in [6.45, 7) is 0.986. The molecule has 1 fully saturated rings. The molecule has 1 saturated heterocycles. The van der Waals surface area contributed by atoms with Crippen molar-refractivity contribution in [2.24, 2.45) is 0 Å². The van der Waals surface area contributed by atoms with E-state index in [-0.39, 0.29) is 18.6 Å². The van der Waals surface area contributed by atoms with E-state index in [1.54, 1.807) is 7.11 Å². The molecule has 0 saturated carbocycles. The lowest BCUT2D eigenvalue weighted by atomic mass is 10.1. The highest BCUT2D eigenvalue weighted by Gasteiger charge is 2.37. The number of cyclic esters (lactones) is 1. The molecule has 1 aliphatic heterocycles. The van der Waals surface area contributed by atoms with Gasteiger partial charge in [-0.3, -0.25) is 4.79 Å². The van der Waals surface area contributed by atoms with Crippen LogP contribution >= 0.6 is 0 Å². The van der Waals surface area contributed by atoms with Crippen LogP contribution in [0, 0.1) is 0 Å². The average Bonchev–Trinajstić information content (AvgIpc) is 2.88. The fraction of sp³-hybridized carbons (Fsp3) is 0.529. The Morgan fingerprint density at radius 2 is 2.05 bits per heavy atom. The number of rotatable bonds is 8. The zero-order chi connectivity index (χ0) is 15.8. The SMILES string of the molecule is COCCCCCC(=O)N1C(=O)OCC1Cc1ccccc1. The van der Waals surface area contributed by atoms with E-state index in [0.717, 1.165) is 24.8 Å². The first-order chi connectivity index (χ1) is 10.7. The van der Waals surface area contributed by atoms with Gasteiger partial charge in [-0.05, 0) is 24.8 Å². The molecule has 1 atom stereocenters. The minimum absolute atomic E-state index is 0.138. The number of ether oxygens (including phenoxy) is 2. The van der Waals surface area contributed by atoms with Gasteiger partial charge in [0.05, 0.1) is 6.04 Å². The molecule has 1 aliphatic rings. The largest absolute Gasteiger partial charge is 0.447 e. The molecule has 0 bridgehead atoms. The summed E-state index contributed by atoms with van der Waals surface area (Å²) in [5, 5.41) is 0. The topological polar surface area (TPSA) is 55.8 Å². The van der Waals surface area contributed by atoms with Gasteiger partial charge in [-0.2, -0.15) is 0 Å². The first-order valence-electron chi connectivity index (χ1n) is 7.74. The van der Waals surface area contributed by atoms with Crippen LogP contribution < -0.4 is 0 Å². The molecule has 0 radical (unpaired) electrons. The molecule has 22 heavy (non-hydrogen) atoms. The third-order valence-electron chi connectivity index (χ3n) is 3.78. The van der Waals surface area contributed by atoms with E-state index >= 15 is 0 Å². The van der Waals surface area contributed by atoms with Crippen molar-refractivity contribution in [2.75, 3.05) is 20.3 Å². The lowest BCUT2D eigenvalue weighted by molar-refractivity contribution is -0.129. The molecular formula is C17H23NO4. The van der Waals surface area contributed by atoms with Crippen LogP contribution in [0.5, 0.6) is 0 Å². The van der Waals surface area contributed by atoms with Gasteiger partial charge in [-0.25, -0.2) is 9.69 Å². The van der Waals surface area contributed by atoms with Gasteiger partial charge in [0.25, 0.3) is 0 Å². The second-order valence-corrected chi connectivity index (χ2v) is 5.49. The highest BCUT2D eigenvalue weighted by atomic mass is 16.6. The van der Waals surface area contributed by atoms with Crippen molar-refractivity contribution in [2.45, 2.75) is 38.1 Å². The van der Waals surface area contributed by atoms with Crippen LogP contribution in [0.1, 0.15) is 31.2 Å². The highest BCUT2D eigenvalue weighted by Crippen LogP contribution is 2.19. The maximum absolute atomic E-state index is 12.3. The van der Waals surface area contributed by atoms with Gasteiger partial charge in [0.15, 0.2) is 0 Å². The van der Waals surface area contributed by atoms with E-state index in [0.29, 0.717) is 19.4 Å². The summed E-state index contributed by atoms with van der Waals surface area (Å²) in [7, 11) is 1.67. The molecule has 0 aromatic heterocycles. The number of nitrogens with zero attached hydrogens (tertiary/aromatic N) is 1. The predicted molar refractivity (Wildman–Crippen MR) is 82.5 cm³/mol. The van der Waals surface area contributed by atoms with Gasteiger partial charge in [-0.1, -0.05) is 36.8 Å². The van der Waals surface area contributed by atoms with Crippen molar-refractivity contribution in [1.29, 1.82) is 0 Å². The van der Waals surface area contributed by atoms with Crippen LogP contribution in [0.15, 0.2) is 30.3 Å². The number of imide groups is 1. The monoisotopic (exact) mass is 305 g/mol. The Labute approximate surface area is 131 Å². The number of carbonyl (C=O) groups is 2. The molecule has 2 amide bonds. The minimum Gasteiger partial charge on any atom is -0.447 e. The van der Waals surface area contributed by atoms with Crippen molar-refractivity contribution in [3.05, 3.63) is 35.9 Å². The quantitative estimate of drug-likeness (QED) is 0.693. The van der Waals surface area contributed by atoms with E-state index in [1.807, 2.05) is 30.3 Å². The van der Waals surface area contributed by atoms with Crippen molar-refractivity contribution in [1.82, 2.24) is 4.90 Å². The number of hydrogen-bond acceptors (Lipinski definition) is 4. The van der Waals surface area contributed by atoms with E-state index in [1.165, 1.54) is 4.90 Å². The smallest absolute Gasteiger partial charge is 0.416 e. The van der Waals surface area contributed by atoms with Crippen molar-refractivity contribution in [3.63, 3.8) is 0 Å². The Morgan fingerprint density at radius 1 is 1.27 bits per heavy atom. The molecule has 5 nitrogen and oxygen atoms in total. The van der Waals surface area contributed by atoms with Crippen LogP contribution in [0.25, 0.3) is 0 Å². The number of carbonyl (C=O) groups excluding carboxylic acids is 2. The van der Waals surface area contributed by atoms with Crippen molar-refractivity contribution < 1.29 is 19.1 Å². The van der Waals surface area contributed by atoms with Gasteiger partial charge in [0.2, 0.25) is 5.91 Å². The minimum atomic E-state index is -0.511. The molecule has 0 aliphatic carbocycles. The third kappa shape index (κ3) is 4.56. The maximum Gasteiger partial charge on any atom is 0.416 e. The molecular weight excluding hydrogens is 282 g/mol. The second-order valence-electron chi connectivity index (χ2n) is 5.49. The lowest BCUT2D eigenvalue weighted by Gasteiger charge is -2.19. The number of methoxy groups -OCH3 is 1. The fourth-order valence-corrected chi connectivity index (χ4v) is 2.62. The van der Waals surface area contributed by atoms with E-state index in [9.17, 15) is 9.59 Å². The Hall–Kier alpha value is -1.88. The average molecular weight is 305 g/mol. The molecule has 1 aromatic carbocycles. The number of benzene rings is 1. The first kappa shape index (κ1) is 16.5. The number of amides is 2. The van der Waals surface area contributed by atoms with Gasteiger partial charge in [0.1, 0.15) is 6.61 Å². The standard InChI is InChI=1S/C17H23NO4/c1-21-11-7-3-6-10-16(19)18-15(13-22-17(18)20)12-14-8-4-2-5-9-14/h2,4-5,8-9,15H,3,6-7,10-13H2,1H3. The third-order valence-corrected chi connectivity index (χ3v) is 3.78.